The van der Waals surface area contributed by atoms with Crippen LogP contribution in [0.5, 0.6) is 11.5 Å². The molecule has 5 nitrogen and oxygen atoms in total. The van der Waals surface area contributed by atoms with Gasteiger partial charge < -0.3 is 19.7 Å². The van der Waals surface area contributed by atoms with E-state index >= 15 is 0 Å². The highest BCUT2D eigenvalue weighted by Gasteiger charge is 2.21. The van der Waals surface area contributed by atoms with Gasteiger partial charge >= 0.3 is 0 Å². The van der Waals surface area contributed by atoms with Crippen LogP contribution in [0.4, 0.5) is 0 Å². The fourth-order valence-electron chi connectivity index (χ4n) is 2.24. The normalized spacial score (nSPS) is 14.9. The van der Waals surface area contributed by atoms with Gasteiger partial charge in [-0.3, -0.25) is 4.79 Å². The van der Waals surface area contributed by atoms with E-state index in [2.05, 4.69) is 21.2 Å². The van der Waals surface area contributed by atoms with Gasteiger partial charge in [0.25, 0.3) is 5.91 Å². The van der Waals surface area contributed by atoms with E-state index in [1.54, 1.807) is 19.2 Å². The Bertz CT molecular complexity index is 502. The number of rotatable bonds is 5. The second-order valence-electron chi connectivity index (χ2n) is 4.88. The maximum absolute atomic E-state index is 12.5. The maximum atomic E-state index is 12.5. The zero-order chi connectivity index (χ0) is 15.2. The third-order valence-corrected chi connectivity index (χ3v) is 3.92. The summed E-state index contributed by atoms with van der Waals surface area (Å²) in [5.74, 6) is 1.25. The van der Waals surface area contributed by atoms with Gasteiger partial charge in [-0.15, -0.1) is 0 Å². The van der Waals surface area contributed by atoms with Crippen LogP contribution in [-0.4, -0.2) is 50.7 Å². The van der Waals surface area contributed by atoms with Crippen LogP contribution < -0.4 is 14.8 Å². The molecule has 2 rings (SSSR count). The molecule has 0 bridgehead atoms. The smallest absolute Gasteiger partial charge is 0.254 e. The first-order valence-electron chi connectivity index (χ1n) is 7.17. The highest BCUT2D eigenvalue weighted by atomic mass is 79.9. The largest absolute Gasteiger partial charge is 0.493 e. The van der Waals surface area contributed by atoms with Crippen molar-refractivity contribution in [2.45, 2.75) is 13.3 Å². The van der Waals surface area contributed by atoms with Gasteiger partial charge in [-0.2, -0.15) is 0 Å². The molecule has 0 aromatic heterocycles. The highest BCUT2D eigenvalue weighted by molar-refractivity contribution is 9.10. The van der Waals surface area contributed by atoms with E-state index in [9.17, 15) is 4.79 Å². The van der Waals surface area contributed by atoms with Crippen molar-refractivity contribution in [3.05, 3.63) is 22.2 Å². The minimum Gasteiger partial charge on any atom is -0.493 e. The van der Waals surface area contributed by atoms with Crippen LogP contribution in [-0.2, 0) is 0 Å². The van der Waals surface area contributed by atoms with Crippen molar-refractivity contribution in [1.82, 2.24) is 10.2 Å². The van der Waals surface area contributed by atoms with Crippen LogP contribution in [0, 0.1) is 0 Å². The SMILES string of the molecule is CCCOc1c(Br)cc(C(=O)N2CCNCC2)cc1OC. The molecule has 21 heavy (non-hydrogen) atoms. The Morgan fingerprint density at radius 1 is 1.38 bits per heavy atom. The fourth-order valence-corrected chi connectivity index (χ4v) is 2.79. The second-order valence-corrected chi connectivity index (χ2v) is 5.73. The number of nitrogens with zero attached hydrogens (tertiary/aromatic N) is 1. The van der Waals surface area contributed by atoms with Crippen molar-refractivity contribution in [1.29, 1.82) is 0 Å². The molecule has 6 heteroatoms. The summed E-state index contributed by atoms with van der Waals surface area (Å²) in [5.41, 5.74) is 0.615. The Labute approximate surface area is 133 Å². The van der Waals surface area contributed by atoms with E-state index in [1.165, 1.54) is 0 Å². The molecule has 1 saturated heterocycles. The number of hydrogen-bond donors (Lipinski definition) is 1. The van der Waals surface area contributed by atoms with Crippen LogP contribution in [0.25, 0.3) is 0 Å². The first-order chi connectivity index (χ1) is 10.2. The molecule has 116 valence electrons. The third-order valence-electron chi connectivity index (χ3n) is 3.33. The van der Waals surface area contributed by atoms with Crippen LogP contribution in [0.1, 0.15) is 23.7 Å². The van der Waals surface area contributed by atoms with E-state index in [0.29, 0.717) is 23.7 Å². The molecular weight excluding hydrogens is 336 g/mol. The molecule has 1 amide bonds. The van der Waals surface area contributed by atoms with Gasteiger partial charge in [0, 0.05) is 31.7 Å². The predicted octanol–water partition coefficient (Wildman–Crippen LogP) is 2.29. The summed E-state index contributed by atoms with van der Waals surface area (Å²) in [5, 5.41) is 3.24. The molecule has 0 unspecified atom stereocenters. The molecule has 1 fully saturated rings. The number of amides is 1. The number of hydrogen-bond acceptors (Lipinski definition) is 4. The summed E-state index contributed by atoms with van der Waals surface area (Å²) in [7, 11) is 1.58. The maximum Gasteiger partial charge on any atom is 0.254 e. The van der Waals surface area contributed by atoms with Gasteiger partial charge in [-0.1, -0.05) is 6.92 Å². The van der Waals surface area contributed by atoms with Crippen molar-refractivity contribution in [3.8, 4) is 11.5 Å². The number of nitrogens with one attached hydrogen (secondary N) is 1. The summed E-state index contributed by atoms with van der Waals surface area (Å²) in [4.78, 5) is 14.4. The molecule has 0 aliphatic carbocycles. The molecule has 1 heterocycles. The number of benzene rings is 1. The summed E-state index contributed by atoms with van der Waals surface area (Å²) in [6, 6.07) is 3.55. The Hall–Kier alpha value is -1.27. The Morgan fingerprint density at radius 3 is 2.71 bits per heavy atom. The Morgan fingerprint density at radius 2 is 2.10 bits per heavy atom. The molecule has 0 saturated carbocycles. The van der Waals surface area contributed by atoms with Crippen LogP contribution in [0.15, 0.2) is 16.6 Å². The molecule has 1 aromatic rings. The molecular formula is C15H21BrN2O3. The molecule has 1 N–H and O–H groups in total. The van der Waals surface area contributed by atoms with Crippen molar-refractivity contribution < 1.29 is 14.3 Å². The van der Waals surface area contributed by atoms with Crippen LogP contribution in [0.2, 0.25) is 0 Å². The quantitative estimate of drug-likeness (QED) is 0.879. The minimum atomic E-state index is 0.0255. The Kier molecular flexibility index (Phi) is 5.87. The molecule has 1 aliphatic heterocycles. The lowest BCUT2D eigenvalue weighted by Crippen LogP contribution is -2.46. The molecule has 0 atom stereocenters. The first kappa shape index (κ1) is 16.1. The number of methoxy groups -OCH3 is 1. The van der Waals surface area contributed by atoms with Crippen molar-refractivity contribution in [2.24, 2.45) is 0 Å². The van der Waals surface area contributed by atoms with E-state index in [1.807, 2.05) is 11.8 Å². The number of halogens is 1. The molecule has 1 aromatic carbocycles. The predicted molar refractivity (Wildman–Crippen MR) is 85.3 cm³/mol. The number of carbonyl (C=O) groups excluding carboxylic acids is 1. The fraction of sp³-hybridized carbons (Fsp3) is 0.533. The summed E-state index contributed by atoms with van der Waals surface area (Å²) in [6.45, 7) is 5.78. The van der Waals surface area contributed by atoms with E-state index in [-0.39, 0.29) is 5.91 Å². The summed E-state index contributed by atoms with van der Waals surface area (Å²) >= 11 is 3.47. The summed E-state index contributed by atoms with van der Waals surface area (Å²) in [6.07, 6.45) is 0.914. The number of carbonyl (C=O) groups is 1. The third kappa shape index (κ3) is 3.89. The van der Waals surface area contributed by atoms with E-state index in [4.69, 9.17) is 9.47 Å². The van der Waals surface area contributed by atoms with Crippen LogP contribution >= 0.6 is 15.9 Å². The van der Waals surface area contributed by atoms with Crippen LogP contribution in [0.3, 0.4) is 0 Å². The molecule has 0 spiro atoms. The molecule has 0 radical (unpaired) electrons. The zero-order valence-corrected chi connectivity index (χ0v) is 14.0. The summed E-state index contributed by atoms with van der Waals surface area (Å²) < 4.78 is 11.8. The van der Waals surface area contributed by atoms with E-state index < -0.39 is 0 Å². The van der Waals surface area contributed by atoms with Gasteiger partial charge in [0.1, 0.15) is 0 Å². The van der Waals surface area contributed by atoms with Crippen molar-refractivity contribution in [3.63, 3.8) is 0 Å². The van der Waals surface area contributed by atoms with E-state index in [0.717, 1.165) is 37.1 Å². The van der Waals surface area contributed by atoms with Gasteiger partial charge in [0.05, 0.1) is 18.2 Å². The average Bonchev–Trinajstić information content (AvgIpc) is 2.53. The lowest BCUT2D eigenvalue weighted by atomic mass is 10.1. The monoisotopic (exact) mass is 356 g/mol. The van der Waals surface area contributed by atoms with Gasteiger partial charge in [-0.25, -0.2) is 0 Å². The van der Waals surface area contributed by atoms with Gasteiger partial charge in [-0.05, 0) is 34.5 Å². The van der Waals surface area contributed by atoms with Gasteiger partial charge in [0.2, 0.25) is 0 Å². The Balaban J connectivity index is 2.24. The number of ether oxygens (including phenoxy) is 2. The van der Waals surface area contributed by atoms with Gasteiger partial charge in [0.15, 0.2) is 11.5 Å². The zero-order valence-electron chi connectivity index (χ0n) is 12.4. The lowest BCUT2D eigenvalue weighted by molar-refractivity contribution is 0.0735. The van der Waals surface area contributed by atoms with Crippen molar-refractivity contribution >= 4 is 21.8 Å². The first-order valence-corrected chi connectivity index (χ1v) is 7.97. The topological polar surface area (TPSA) is 50.8 Å². The molecule has 1 aliphatic rings. The lowest BCUT2D eigenvalue weighted by Gasteiger charge is -2.27. The minimum absolute atomic E-state index is 0.0255. The average molecular weight is 357 g/mol. The second kappa shape index (κ2) is 7.66. The number of piperazine rings is 1. The standard InChI is InChI=1S/C15H21BrN2O3/c1-3-8-21-14-12(16)9-11(10-13(14)20-2)15(19)18-6-4-17-5-7-18/h9-10,17H,3-8H2,1-2H3. The highest BCUT2D eigenvalue weighted by Crippen LogP contribution is 2.37. The van der Waals surface area contributed by atoms with Crippen molar-refractivity contribution in [2.75, 3.05) is 39.9 Å².